The van der Waals surface area contributed by atoms with Crippen LogP contribution in [0, 0.1) is 6.92 Å². The molecular formula is C16H18N2O2. The molecule has 1 aromatic heterocycles. The lowest BCUT2D eigenvalue weighted by Crippen LogP contribution is -2.10. The van der Waals surface area contributed by atoms with Crippen molar-refractivity contribution in [1.82, 2.24) is 4.98 Å². The van der Waals surface area contributed by atoms with Gasteiger partial charge in [-0.1, -0.05) is 31.2 Å². The van der Waals surface area contributed by atoms with Gasteiger partial charge in [0, 0.05) is 12.7 Å². The van der Waals surface area contributed by atoms with Gasteiger partial charge in [-0.15, -0.1) is 0 Å². The van der Waals surface area contributed by atoms with E-state index >= 15 is 0 Å². The zero-order valence-corrected chi connectivity index (χ0v) is 11.7. The number of hydrogen-bond acceptors (Lipinski definition) is 3. The lowest BCUT2D eigenvalue weighted by molar-refractivity contribution is 0.0697. The molecule has 0 saturated carbocycles. The molecule has 4 nitrogen and oxygen atoms in total. The van der Waals surface area contributed by atoms with Crippen LogP contribution in [0.5, 0.6) is 0 Å². The molecule has 0 unspecified atom stereocenters. The maximum atomic E-state index is 11.3. The van der Waals surface area contributed by atoms with Crippen molar-refractivity contribution >= 4 is 11.8 Å². The molecule has 2 rings (SSSR count). The number of aromatic carboxylic acids is 1. The van der Waals surface area contributed by atoms with Crippen LogP contribution >= 0.6 is 0 Å². The maximum absolute atomic E-state index is 11.3. The van der Waals surface area contributed by atoms with Crippen molar-refractivity contribution in [3.8, 4) is 0 Å². The van der Waals surface area contributed by atoms with Crippen LogP contribution in [0.25, 0.3) is 0 Å². The molecule has 0 fully saturated rings. The number of benzene rings is 1. The highest BCUT2D eigenvalue weighted by atomic mass is 16.4. The fourth-order valence-electron chi connectivity index (χ4n) is 2.04. The van der Waals surface area contributed by atoms with E-state index in [9.17, 15) is 9.90 Å². The predicted molar refractivity (Wildman–Crippen MR) is 79.1 cm³/mol. The largest absolute Gasteiger partial charge is 0.478 e. The number of carbonyl (C=O) groups is 1. The van der Waals surface area contributed by atoms with E-state index in [0.717, 1.165) is 12.0 Å². The van der Waals surface area contributed by atoms with Crippen molar-refractivity contribution in [2.24, 2.45) is 0 Å². The van der Waals surface area contributed by atoms with Crippen LogP contribution in [0.4, 0.5) is 5.82 Å². The normalized spacial score (nSPS) is 10.3. The summed E-state index contributed by atoms with van der Waals surface area (Å²) in [6.07, 6.45) is 2.63. The monoisotopic (exact) mass is 270 g/mol. The molecule has 0 aliphatic rings. The Morgan fingerprint density at radius 1 is 1.20 bits per heavy atom. The summed E-state index contributed by atoms with van der Waals surface area (Å²) in [5.74, 6) is -0.545. The minimum Gasteiger partial charge on any atom is -0.478 e. The van der Waals surface area contributed by atoms with Crippen molar-refractivity contribution in [1.29, 1.82) is 0 Å². The summed E-state index contributed by atoms with van der Waals surface area (Å²) in [6.45, 7) is 4.44. The molecule has 1 heterocycles. The Morgan fingerprint density at radius 2 is 1.85 bits per heavy atom. The molecule has 0 bridgehead atoms. The van der Waals surface area contributed by atoms with Gasteiger partial charge in [-0.25, -0.2) is 9.78 Å². The summed E-state index contributed by atoms with van der Waals surface area (Å²) < 4.78 is 0. The van der Waals surface area contributed by atoms with E-state index in [-0.39, 0.29) is 5.56 Å². The zero-order chi connectivity index (χ0) is 14.5. The van der Waals surface area contributed by atoms with Crippen LogP contribution in [0.2, 0.25) is 0 Å². The molecule has 0 amide bonds. The van der Waals surface area contributed by atoms with E-state index in [4.69, 9.17) is 0 Å². The zero-order valence-electron chi connectivity index (χ0n) is 11.7. The van der Waals surface area contributed by atoms with E-state index in [2.05, 4.69) is 29.4 Å². The Labute approximate surface area is 118 Å². The van der Waals surface area contributed by atoms with Gasteiger partial charge in [0.15, 0.2) is 0 Å². The van der Waals surface area contributed by atoms with E-state index < -0.39 is 5.97 Å². The minimum absolute atomic E-state index is 0.234. The van der Waals surface area contributed by atoms with Gasteiger partial charge < -0.3 is 10.4 Å². The van der Waals surface area contributed by atoms with Crippen LogP contribution < -0.4 is 5.32 Å². The molecule has 0 spiro atoms. The van der Waals surface area contributed by atoms with E-state index in [1.165, 1.54) is 5.56 Å². The maximum Gasteiger partial charge on any atom is 0.339 e. The summed E-state index contributed by atoms with van der Waals surface area (Å²) in [5, 5.41) is 12.3. The fourth-order valence-corrected chi connectivity index (χ4v) is 2.04. The van der Waals surface area contributed by atoms with Crippen molar-refractivity contribution in [2.45, 2.75) is 26.8 Å². The predicted octanol–water partition coefficient (Wildman–Crippen LogP) is 3.26. The van der Waals surface area contributed by atoms with Gasteiger partial charge in [0.05, 0.1) is 0 Å². The number of anilines is 1. The second-order valence-electron chi connectivity index (χ2n) is 4.68. The van der Waals surface area contributed by atoms with Crippen molar-refractivity contribution < 1.29 is 9.90 Å². The Bertz CT molecular complexity index is 606. The highest BCUT2D eigenvalue weighted by Gasteiger charge is 2.13. The third kappa shape index (κ3) is 3.15. The third-order valence-electron chi connectivity index (χ3n) is 3.26. The first-order chi connectivity index (χ1) is 9.61. The third-order valence-corrected chi connectivity index (χ3v) is 3.26. The average Bonchev–Trinajstić information content (AvgIpc) is 2.45. The van der Waals surface area contributed by atoms with Crippen molar-refractivity contribution in [2.75, 3.05) is 5.32 Å². The number of aryl methyl sites for hydroxylation is 2. The van der Waals surface area contributed by atoms with Gasteiger partial charge in [0.1, 0.15) is 11.4 Å². The molecule has 104 valence electrons. The minimum atomic E-state index is -0.959. The van der Waals surface area contributed by atoms with E-state index in [1.54, 1.807) is 19.2 Å². The lowest BCUT2D eigenvalue weighted by Gasteiger charge is -2.10. The van der Waals surface area contributed by atoms with Crippen LogP contribution in [-0.4, -0.2) is 16.1 Å². The number of nitrogens with one attached hydrogen (secondary N) is 1. The Hall–Kier alpha value is -2.36. The quantitative estimate of drug-likeness (QED) is 0.875. The smallest absolute Gasteiger partial charge is 0.339 e. The van der Waals surface area contributed by atoms with Crippen molar-refractivity contribution in [3.63, 3.8) is 0 Å². The van der Waals surface area contributed by atoms with Crippen LogP contribution in [0.15, 0.2) is 36.5 Å². The molecule has 0 atom stereocenters. The molecule has 0 aliphatic carbocycles. The highest BCUT2D eigenvalue weighted by molar-refractivity contribution is 5.94. The van der Waals surface area contributed by atoms with Crippen LogP contribution in [0.3, 0.4) is 0 Å². The second kappa shape index (κ2) is 6.19. The number of hydrogen-bond donors (Lipinski definition) is 2. The average molecular weight is 270 g/mol. The fraction of sp³-hybridized carbons (Fsp3) is 0.250. The summed E-state index contributed by atoms with van der Waals surface area (Å²) in [4.78, 5) is 15.4. The molecule has 0 aliphatic heterocycles. The van der Waals surface area contributed by atoms with Crippen LogP contribution in [0.1, 0.15) is 34.0 Å². The van der Waals surface area contributed by atoms with Gasteiger partial charge in [0.25, 0.3) is 0 Å². The first kappa shape index (κ1) is 14.1. The lowest BCUT2D eigenvalue weighted by atomic mass is 10.1. The number of rotatable bonds is 5. The van der Waals surface area contributed by atoms with Gasteiger partial charge >= 0.3 is 5.97 Å². The molecule has 1 aromatic carbocycles. The molecule has 0 radical (unpaired) electrons. The van der Waals surface area contributed by atoms with E-state index in [1.807, 2.05) is 12.1 Å². The Kier molecular flexibility index (Phi) is 4.35. The molecular weight excluding hydrogens is 252 g/mol. The Balaban J connectivity index is 2.14. The second-order valence-corrected chi connectivity index (χ2v) is 4.68. The molecule has 2 N–H and O–H groups in total. The first-order valence-corrected chi connectivity index (χ1v) is 6.62. The number of carboxylic acids is 1. The summed E-state index contributed by atoms with van der Waals surface area (Å²) in [7, 11) is 0. The molecule has 20 heavy (non-hydrogen) atoms. The van der Waals surface area contributed by atoms with Crippen molar-refractivity contribution in [3.05, 3.63) is 58.8 Å². The van der Waals surface area contributed by atoms with E-state index in [0.29, 0.717) is 17.9 Å². The number of nitrogens with zero attached hydrogens (tertiary/aromatic N) is 1. The van der Waals surface area contributed by atoms with Gasteiger partial charge in [-0.3, -0.25) is 0 Å². The Morgan fingerprint density at radius 3 is 2.45 bits per heavy atom. The SMILES string of the molecule is CCc1ccc(CNc2nccc(C)c2C(=O)O)cc1. The number of pyridine rings is 1. The topological polar surface area (TPSA) is 62.2 Å². The summed E-state index contributed by atoms with van der Waals surface area (Å²) in [5.41, 5.74) is 3.32. The molecule has 4 heteroatoms. The summed E-state index contributed by atoms with van der Waals surface area (Å²) >= 11 is 0. The molecule has 2 aromatic rings. The van der Waals surface area contributed by atoms with Crippen LogP contribution in [-0.2, 0) is 13.0 Å². The first-order valence-electron chi connectivity index (χ1n) is 6.62. The highest BCUT2D eigenvalue weighted by Crippen LogP contribution is 2.17. The standard InChI is InChI=1S/C16H18N2O2/c1-3-12-4-6-13(7-5-12)10-18-15-14(16(19)20)11(2)8-9-17-15/h4-9H,3,10H2,1-2H3,(H,17,18)(H,19,20). The van der Waals surface area contributed by atoms with Gasteiger partial charge in [-0.05, 0) is 36.1 Å². The van der Waals surface area contributed by atoms with Gasteiger partial charge in [-0.2, -0.15) is 0 Å². The summed E-state index contributed by atoms with van der Waals surface area (Å²) in [6, 6.07) is 9.95. The van der Waals surface area contributed by atoms with Gasteiger partial charge in [0.2, 0.25) is 0 Å². The number of aromatic nitrogens is 1. The molecule has 0 saturated heterocycles. The number of carboxylic acid groups (broad SMARTS) is 1.